The van der Waals surface area contributed by atoms with Crippen LogP contribution in [0.1, 0.15) is 17.4 Å². The van der Waals surface area contributed by atoms with Crippen molar-refractivity contribution in [2.24, 2.45) is 12.8 Å². The van der Waals surface area contributed by atoms with Gasteiger partial charge < -0.3 is 10.3 Å². The number of nitrogens with two attached hydrogens (primary N) is 1. The Hall–Kier alpha value is -1.03. The Morgan fingerprint density at radius 1 is 1.31 bits per heavy atom. The molecule has 0 saturated heterocycles. The Balaban J connectivity index is 2.38. The lowest BCUT2D eigenvalue weighted by Gasteiger charge is -2.12. The highest BCUT2D eigenvalue weighted by Gasteiger charge is 2.14. The molecule has 0 aliphatic carbocycles. The molecule has 16 heavy (non-hydrogen) atoms. The first-order valence-electron chi connectivity index (χ1n) is 4.77. The molecule has 84 valence electrons. The molecular formula is C11H11Cl2N3. The van der Waals surface area contributed by atoms with Crippen LogP contribution >= 0.6 is 23.2 Å². The minimum atomic E-state index is -0.297. The van der Waals surface area contributed by atoms with Crippen LogP contribution in [0, 0.1) is 0 Å². The van der Waals surface area contributed by atoms with Gasteiger partial charge in [-0.15, -0.1) is 0 Å². The molecule has 1 atom stereocenters. The Labute approximate surface area is 104 Å². The standard InChI is InChI=1S/C11H11Cl2N3/c1-16-5-4-15-11(16)10(14)7-2-3-8(12)9(13)6-7/h2-6,10H,14H2,1H3/t10-/m1/s1. The second-order valence-electron chi connectivity index (χ2n) is 3.55. The average molecular weight is 256 g/mol. The summed E-state index contributed by atoms with van der Waals surface area (Å²) in [5.41, 5.74) is 6.99. The molecule has 3 nitrogen and oxygen atoms in total. The maximum Gasteiger partial charge on any atom is 0.129 e. The van der Waals surface area contributed by atoms with Crippen molar-refractivity contribution in [3.8, 4) is 0 Å². The summed E-state index contributed by atoms with van der Waals surface area (Å²) in [6.07, 6.45) is 3.57. The number of hydrogen-bond acceptors (Lipinski definition) is 2. The molecule has 1 heterocycles. The zero-order chi connectivity index (χ0) is 11.7. The van der Waals surface area contributed by atoms with Crippen LogP contribution in [0.4, 0.5) is 0 Å². The van der Waals surface area contributed by atoms with Crippen molar-refractivity contribution in [2.75, 3.05) is 0 Å². The molecule has 2 aromatic rings. The maximum atomic E-state index is 6.10. The summed E-state index contributed by atoms with van der Waals surface area (Å²) in [6.45, 7) is 0. The molecule has 0 aliphatic heterocycles. The molecule has 0 spiro atoms. The summed E-state index contributed by atoms with van der Waals surface area (Å²) in [5, 5.41) is 1.03. The zero-order valence-electron chi connectivity index (χ0n) is 8.69. The Bertz CT molecular complexity index is 508. The van der Waals surface area contributed by atoms with E-state index in [0.29, 0.717) is 10.0 Å². The molecule has 2 rings (SSSR count). The molecule has 0 saturated carbocycles. The van der Waals surface area contributed by atoms with Crippen LogP contribution in [-0.4, -0.2) is 9.55 Å². The van der Waals surface area contributed by atoms with Crippen molar-refractivity contribution in [2.45, 2.75) is 6.04 Å². The van der Waals surface area contributed by atoms with E-state index in [-0.39, 0.29) is 6.04 Å². The van der Waals surface area contributed by atoms with E-state index in [1.54, 1.807) is 18.3 Å². The molecular weight excluding hydrogens is 245 g/mol. The number of benzene rings is 1. The van der Waals surface area contributed by atoms with E-state index < -0.39 is 0 Å². The van der Waals surface area contributed by atoms with Crippen molar-refractivity contribution in [1.29, 1.82) is 0 Å². The molecule has 1 aromatic carbocycles. The second-order valence-corrected chi connectivity index (χ2v) is 4.36. The first kappa shape index (κ1) is 11.5. The van der Waals surface area contributed by atoms with Gasteiger partial charge in [0.2, 0.25) is 0 Å². The van der Waals surface area contributed by atoms with Crippen molar-refractivity contribution in [1.82, 2.24) is 9.55 Å². The smallest absolute Gasteiger partial charge is 0.129 e. The predicted octanol–water partition coefficient (Wildman–Crippen LogP) is 2.78. The summed E-state index contributed by atoms with van der Waals surface area (Å²) >= 11 is 11.8. The van der Waals surface area contributed by atoms with Gasteiger partial charge in [0.1, 0.15) is 5.82 Å². The average Bonchev–Trinajstić information content (AvgIpc) is 2.67. The minimum absolute atomic E-state index is 0.297. The van der Waals surface area contributed by atoms with Gasteiger partial charge in [-0.3, -0.25) is 0 Å². The molecule has 0 fully saturated rings. The van der Waals surface area contributed by atoms with Gasteiger partial charge in [-0.2, -0.15) is 0 Å². The first-order valence-corrected chi connectivity index (χ1v) is 5.53. The molecule has 0 amide bonds. The summed E-state index contributed by atoms with van der Waals surface area (Å²) < 4.78 is 1.88. The van der Waals surface area contributed by atoms with E-state index in [1.165, 1.54) is 0 Å². The van der Waals surface area contributed by atoms with E-state index in [2.05, 4.69) is 4.98 Å². The van der Waals surface area contributed by atoms with Crippen LogP contribution in [0.3, 0.4) is 0 Å². The quantitative estimate of drug-likeness (QED) is 0.897. The highest BCUT2D eigenvalue weighted by Crippen LogP contribution is 2.26. The van der Waals surface area contributed by atoms with Gasteiger partial charge in [0.25, 0.3) is 0 Å². The largest absolute Gasteiger partial charge is 0.336 e. The Morgan fingerprint density at radius 2 is 2.06 bits per heavy atom. The van der Waals surface area contributed by atoms with Gasteiger partial charge >= 0.3 is 0 Å². The lowest BCUT2D eigenvalue weighted by atomic mass is 10.1. The maximum absolute atomic E-state index is 6.10. The molecule has 5 heteroatoms. The summed E-state index contributed by atoms with van der Waals surface area (Å²) in [5.74, 6) is 0.790. The minimum Gasteiger partial charge on any atom is -0.336 e. The Kier molecular flexibility index (Phi) is 3.19. The van der Waals surface area contributed by atoms with Crippen LogP contribution < -0.4 is 5.73 Å². The van der Waals surface area contributed by atoms with Crippen molar-refractivity contribution >= 4 is 23.2 Å². The van der Waals surface area contributed by atoms with E-state index >= 15 is 0 Å². The number of imidazole rings is 1. The molecule has 2 N–H and O–H groups in total. The number of rotatable bonds is 2. The van der Waals surface area contributed by atoms with Gasteiger partial charge in [-0.25, -0.2) is 4.98 Å². The highest BCUT2D eigenvalue weighted by atomic mass is 35.5. The SMILES string of the molecule is Cn1ccnc1[C@H](N)c1ccc(Cl)c(Cl)c1. The van der Waals surface area contributed by atoms with Crippen LogP contribution in [-0.2, 0) is 7.05 Å². The molecule has 0 bridgehead atoms. The second kappa shape index (κ2) is 4.45. The lowest BCUT2D eigenvalue weighted by Crippen LogP contribution is -2.16. The van der Waals surface area contributed by atoms with E-state index in [1.807, 2.05) is 23.9 Å². The monoisotopic (exact) mass is 255 g/mol. The third kappa shape index (κ3) is 2.07. The number of nitrogens with zero attached hydrogens (tertiary/aromatic N) is 2. The fourth-order valence-electron chi connectivity index (χ4n) is 1.53. The van der Waals surface area contributed by atoms with Gasteiger partial charge in [0.15, 0.2) is 0 Å². The van der Waals surface area contributed by atoms with Gasteiger partial charge in [-0.05, 0) is 17.7 Å². The Morgan fingerprint density at radius 3 is 2.62 bits per heavy atom. The molecule has 0 aliphatic rings. The van der Waals surface area contributed by atoms with E-state index in [9.17, 15) is 0 Å². The van der Waals surface area contributed by atoms with Gasteiger partial charge in [0.05, 0.1) is 16.1 Å². The van der Waals surface area contributed by atoms with E-state index in [4.69, 9.17) is 28.9 Å². The molecule has 0 radical (unpaired) electrons. The number of halogens is 2. The number of aromatic nitrogens is 2. The van der Waals surface area contributed by atoms with Crippen LogP contribution in [0.15, 0.2) is 30.6 Å². The van der Waals surface area contributed by atoms with Crippen molar-refractivity contribution in [3.05, 3.63) is 52.0 Å². The van der Waals surface area contributed by atoms with Crippen molar-refractivity contribution < 1.29 is 0 Å². The topological polar surface area (TPSA) is 43.8 Å². The summed E-state index contributed by atoms with van der Waals surface area (Å²) in [6, 6.07) is 5.06. The van der Waals surface area contributed by atoms with Crippen LogP contribution in [0.5, 0.6) is 0 Å². The van der Waals surface area contributed by atoms with Gasteiger partial charge in [-0.1, -0.05) is 29.3 Å². The first-order chi connectivity index (χ1) is 7.59. The predicted molar refractivity (Wildman–Crippen MR) is 65.7 cm³/mol. The fraction of sp³-hybridized carbons (Fsp3) is 0.182. The van der Waals surface area contributed by atoms with Crippen LogP contribution in [0.2, 0.25) is 10.0 Å². The third-order valence-electron chi connectivity index (χ3n) is 2.44. The molecule has 0 unspecified atom stereocenters. The van der Waals surface area contributed by atoms with E-state index in [0.717, 1.165) is 11.4 Å². The molecule has 1 aromatic heterocycles. The number of hydrogen-bond donors (Lipinski definition) is 1. The number of aryl methyl sites for hydroxylation is 1. The normalized spacial score (nSPS) is 12.8. The highest BCUT2D eigenvalue weighted by molar-refractivity contribution is 6.42. The van der Waals surface area contributed by atoms with Crippen molar-refractivity contribution in [3.63, 3.8) is 0 Å². The third-order valence-corrected chi connectivity index (χ3v) is 3.18. The zero-order valence-corrected chi connectivity index (χ0v) is 10.2. The van der Waals surface area contributed by atoms with Crippen LogP contribution in [0.25, 0.3) is 0 Å². The van der Waals surface area contributed by atoms with Gasteiger partial charge in [0, 0.05) is 19.4 Å². The summed E-state index contributed by atoms with van der Waals surface area (Å²) in [7, 11) is 1.90. The fourth-order valence-corrected chi connectivity index (χ4v) is 1.84. The summed E-state index contributed by atoms with van der Waals surface area (Å²) in [4.78, 5) is 4.21. The lowest BCUT2D eigenvalue weighted by molar-refractivity contribution is 0.717.